The molecule has 1 heterocycles. The van der Waals surface area contributed by atoms with E-state index >= 15 is 0 Å². The molecule has 0 aromatic carbocycles. The topological polar surface area (TPSA) is 91.3 Å². The van der Waals surface area contributed by atoms with E-state index in [-0.39, 0.29) is 11.5 Å². The van der Waals surface area contributed by atoms with Crippen molar-refractivity contribution in [3.63, 3.8) is 0 Å². The van der Waals surface area contributed by atoms with Crippen LogP contribution in [-0.4, -0.2) is 22.6 Å². The summed E-state index contributed by atoms with van der Waals surface area (Å²) in [6.45, 7) is 5.16. The summed E-state index contributed by atoms with van der Waals surface area (Å²) in [5.74, 6) is -1.31. The molecule has 6 nitrogen and oxygen atoms in total. The Labute approximate surface area is 98.6 Å². The maximum absolute atomic E-state index is 11.4. The molecule has 1 aromatic heterocycles. The minimum absolute atomic E-state index is 0.0981. The third-order valence-electron chi connectivity index (χ3n) is 1.59. The van der Waals surface area contributed by atoms with Crippen molar-refractivity contribution in [2.24, 2.45) is 0 Å². The molecular weight excluding hydrogens is 224 g/mol. The number of aromatic nitrogens is 1. The van der Waals surface area contributed by atoms with Crippen molar-refractivity contribution in [2.75, 3.05) is 5.32 Å². The number of amides is 1. The zero-order valence-corrected chi connectivity index (χ0v) is 9.81. The Morgan fingerprint density at radius 1 is 1.35 bits per heavy atom. The van der Waals surface area contributed by atoms with Gasteiger partial charge in [0.2, 0.25) is 0 Å². The highest BCUT2D eigenvalue weighted by molar-refractivity contribution is 5.86. The van der Waals surface area contributed by atoms with Gasteiger partial charge in [-0.05, 0) is 32.9 Å². The Hall–Kier alpha value is -2.11. The summed E-state index contributed by atoms with van der Waals surface area (Å²) in [4.78, 5) is 25.6. The van der Waals surface area contributed by atoms with Gasteiger partial charge in [0, 0.05) is 0 Å². The minimum Gasteiger partial charge on any atom is -0.543 e. The van der Waals surface area contributed by atoms with Crippen LogP contribution < -0.4 is 10.4 Å². The summed E-state index contributed by atoms with van der Waals surface area (Å²) in [5, 5.41) is 12.9. The van der Waals surface area contributed by atoms with Crippen LogP contribution in [0.4, 0.5) is 10.6 Å². The predicted molar refractivity (Wildman–Crippen MR) is 58.4 cm³/mol. The van der Waals surface area contributed by atoms with Gasteiger partial charge in [-0.15, -0.1) is 0 Å². The van der Waals surface area contributed by atoms with Crippen LogP contribution in [0.5, 0.6) is 0 Å². The van der Waals surface area contributed by atoms with Gasteiger partial charge in [0.15, 0.2) is 0 Å². The smallest absolute Gasteiger partial charge is 0.413 e. The monoisotopic (exact) mass is 237 g/mol. The average Bonchev–Trinajstić information content (AvgIpc) is 2.14. The van der Waals surface area contributed by atoms with Gasteiger partial charge in [-0.3, -0.25) is 5.32 Å². The van der Waals surface area contributed by atoms with Crippen LogP contribution in [0.15, 0.2) is 18.2 Å². The lowest BCUT2D eigenvalue weighted by atomic mass is 10.2. The fourth-order valence-electron chi connectivity index (χ4n) is 1.03. The van der Waals surface area contributed by atoms with E-state index < -0.39 is 17.7 Å². The average molecular weight is 237 g/mol. The van der Waals surface area contributed by atoms with Crippen LogP contribution in [0.25, 0.3) is 0 Å². The second-order valence-electron chi connectivity index (χ2n) is 4.32. The highest BCUT2D eigenvalue weighted by Gasteiger charge is 2.16. The Morgan fingerprint density at radius 3 is 2.53 bits per heavy atom. The molecule has 0 atom stereocenters. The summed E-state index contributed by atoms with van der Waals surface area (Å²) >= 11 is 0. The SMILES string of the molecule is CC(C)(C)OC(=O)Nc1cccc(C(=O)[O-])n1. The van der Waals surface area contributed by atoms with Crippen molar-refractivity contribution in [2.45, 2.75) is 26.4 Å². The Kier molecular flexibility index (Phi) is 3.67. The number of nitrogens with one attached hydrogen (secondary N) is 1. The number of hydrogen-bond acceptors (Lipinski definition) is 5. The number of carboxylic acid groups (broad SMARTS) is 1. The summed E-state index contributed by atoms with van der Waals surface area (Å²) in [7, 11) is 0. The van der Waals surface area contributed by atoms with Crippen LogP contribution in [0.3, 0.4) is 0 Å². The number of hydrogen-bond donors (Lipinski definition) is 1. The van der Waals surface area contributed by atoms with Gasteiger partial charge in [-0.2, -0.15) is 0 Å². The first-order chi connectivity index (χ1) is 7.78. The second-order valence-corrected chi connectivity index (χ2v) is 4.32. The van der Waals surface area contributed by atoms with Gasteiger partial charge >= 0.3 is 6.09 Å². The number of anilines is 1. The van der Waals surface area contributed by atoms with Crippen LogP contribution >= 0.6 is 0 Å². The molecule has 0 aliphatic carbocycles. The number of aromatic carboxylic acids is 1. The molecule has 0 saturated heterocycles. The highest BCUT2D eigenvalue weighted by Crippen LogP contribution is 2.10. The lowest BCUT2D eigenvalue weighted by molar-refractivity contribution is -0.255. The molecule has 1 aromatic rings. The normalized spacial score (nSPS) is 10.8. The number of nitrogens with zero attached hydrogens (tertiary/aromatic N) is 1. The van der Waals surface area contributed by atoms with Gasteiger partial charge < -0.3 is 14.6 Å². The summed E-state index contributed by atoms with van der Waals surface area (Å²) in [6, 6.07) is 4.18. The van der Waals surface area contributed by atoms with E-state index in [1.54, 1.807) is 20.8 Å². The first kappa shape index (κ1) is 13.0. The number of pyridine rings is 1. The summed E-state index contributed by atoms with van der Waals surface area (Å²) in [6.07, 6.45) is -0.694. The van der Waals surface area contributed by atoms with E-state index in [4.69, 9.17) is 4.74 Å². The molecule has 1 amide bonds. The van der Waals surface area contributed by atoms with Gasteiger partial charge in [0.25, 0.3) is 0 Å². The lowest BCUT2D eigenvalue weighted by Gasteiger charge is -2.19. The molecule has 0 unspecified atom stereocenters. The zero-order valence-electron chi connectivity index (χ0n) is 9.81. The van der Waals surface area contributed by atoms with Crippen LogP contribution in [0.2, 0.25) is 0 Å². The van der Waals surface area contributed by atoms with E-state index in [1.165, 1.54) is 18.2 Å². The molecular formula is C11H13N2O4-. The summed E-state index contributed by atoms with van der Waals surface area (Å²) in [5.41, 5.74) is -0.880. The molecule has 1 rings (SSSR count). The van der Waals surface area contributed by atoms with Crippen molar-refractivity contribution in [1.29, 1.82) is 0 Å². The van der Waals surface area contributed by atoms with Crippen LogP contribution in [0, 0.1) is 0 Å². The van der Waals surface area contributed by atoms with E-state index in [9.17, 15) is 14.7 Å². The van der Waals surface area contributed by atoms with E-state index in [0.29, 0.717) is 0 Å². The maximum Gasteiger partial charge on any atom is 0.413 e. The van der Waals surface area contributed by atoms with Crippen molar-refractivity contribution in [1.82, 2.24) is 4.98 Å². The van der Waals surface area contributed by atoms with E-state index in [2.05, 4.69) is 10.3 Å². The molecule has 0 aliphatic rings. The van der Waals surface area contributed by atoms with Crippen molar-refractivity contribution >= 4 is 17.9 Å². The fourth-order valence-corrected chi connectivity index (χ4v) is 1.03. The summed E-state index contributed by atoms with van der Waals surface area (Å²) < 4.78 is 4.99. The highest BCUT2D eigenvalue weighted by atomic mass is 16.6. The van der Waals surface area contributed by atoms with Gasteiger partial charge in [0.05, 0.1) is 11.7 Å². The standard InChI is InChI=1S/C11H14N2O4/c1-11(2,3)17-10(16)13-8-6-4-5-7(12-8)9(14)15/h4-6H,1-3H3,(H,14,15)(H,12,13,16)/p-1. The first-order valence-electron chi connectivity index (χ1n) is 4.96. The number of carbonyl (C=O) groups excluding carboxylic acids is 2. The molecule has 0 bridgehead atoms. The van der Waals surface area contributed by atoms with Crippen LogP contribution in [-0.2, 0) is 4.74 Å². The maximum atomic E-state index is 11.4. The number of ether oxygens (including phenoxy) is 1. The van der Waals surface area contributed by atoms with Gasteiger partial charge in [0.1, 0.15) is 11.4 Å². The Morgan fingerprint density at radius 2 is 2.00 bits per heavy atom. The zero-order chi connectivity index (χ0) is 13.1. The largest absolute Gasteiger partial charge is 0.543 e. The molecule has 0 aliphatic heterocycles. The van der Waals surface area contributed by atoms with Crippen molar-refractivity contribution in [3.8, 4) is 0 Å². The minimum atomic E-state index is -1.40. The molecule has 17 heavy (non-hydrogen) atoms. The first-order valence-corrected chi connectivity index (χ1v) is 4.96. The van der Waals surface area contributed by atoms with Gasteiger partial charge in [-0.1, -0.05) is 6.07 Å². The molecule has 1 N–H and O–H groups in total. The molecule has 0 fully saturated rings. The Balaban J connectivity index is 2.72. The molecule has 0 spiro atoms. The molecule has 6 heteroatoms. The number of carboxylic acids is 1. The third kappa shape index (κ3) is 4.50. The molecule has 0 radical (unpaired) electrons. The third-order valence-corrected chi connectivity index (χ3v) is 1.59. The molecule has 92 valence electrons. The lowest BCUT2D eigenvalue weighted by Crippen LogP contribution is -2.28. The molecule has 0 saturated carbocycles. The van der Waals surface area contributed by atoms with Crippen molar-refractivity contribution < 1.29 is 19.4 Å². The van der Waals surface area contributed by atoms with Crippen LogP contribution in [0.1, 0.15) is 31.3 Å². The van der Waals surface area contributed by atoms with E-state index in [1.807, 2.05) is 0 Å². The quantitative estimate of drug-likeness (QED) is 0.821. The second kappa shape index (κ2) is 4.82. The van der Waals surface area contributed by atoms with E-state index in [0.717, 1.165) is 0 Å². The predicted octanol–water partition coefficient (Wildman–Crippen LogP) is 0.792. The number of carbonyl (C=O) groups is 2. The van der Waals surface area contributed by atoms with Gasteiger partial charge in [-0.25, -0.2) is 9.78 Å². The fraction of sp³-hybridized carbons (Fsp3) is 0.364. The Bertz CT molecular complexity index is 437. The number of rotatable bonds is 2. The van der Waals surface area contributed by atoms with Crippen molar-refractivity contribution in [3.05, 3.63) is 23.9 Å².